The number of carbonyl (C=O) groups is 1. The molecule has 17 heavy (non-hydrogen) atoms. The zero-order chi connectivity index (χ0) is 12.8. The highest BCUT2D eigenvalue weighted by Crippen LogP contribution is 2.08. The molecule has 0 radical (unpaired) electrons. The van der Waals surface area contributed by atoms with Gasteiger partial charge in [0.25, 0.3) is 0 Å². The summed E-state index contributed by atoms with van der Waals surface area (Å²) in [6.45, 7) is 2.81. The predicted octanol–water partition coefficient (Wildman–Crippen LogP) is 4.69. The van der Waals surface area contributed by atoms with E-state index in [2.05, 4.69) is 6.92 Å². The van der Waals surface area contributed by atoms with Gasteiger partial charge in [-0.3, -0.25) is 4.79 Å². The standard InChI is InChI=1S/C14H27ClO2/c1-2-3-4-5-6-7-8-9-13-17-14(16)11-10-12-15/h2-13H2,1H3. The predicted molar refractivity (Wildman–Crippen MR) is 73.5 cm³/mol. The van der Waals surface area contributed by atoms with E-state index in [1.807, 2.05) is 0 Å². The quantitative estimate of drug-likeness (QED) is 0.290. The second-order valence-corrected chi connectivity index (χ2v) is 4.87. The number of rotatable bonds is 12. The average molecular weight is 263 g/mol. The molecule has 0 saturated carbocycles. The molecule has 0 saturated heterocycles. The van der Waals surface area contributed by atoms with Crippen molar-refractivity contribution >= 4 is 17.6 Å². The number of esters is 1. The summed E-state index contributed by atoms with van der Waals surface area (Å²) in [7, 11) is 0. The molecule has 0 amide bonds. The van der Waals surface area contributed by atoms with Crippen molar-refractivity contribution in [3.63, 3.8) is 0 Å². The Morgan fingerprint density at radius 3 is 2.12 bits per heavy atom. The molecule has 0 bridgehead atoms. The Bertz CT molecular complexity index is 172. The van der Waals surface area contributed by atoms with E-state index in [0.29, 0.717) is 18.9 Å². The van der Waals surface area contributed by atoms with Crippen molar-refractivity contribution in [2.75, 3.05) is 12.5 Å². The van der Waals surface area contributed by atoms with Crippen molar-refractivity contribution in [1.82, 2.24) is 0 Å². The summed E-state index contributed by atoms with van der Waals surface area (Å²) < 4.78 is 5.09. The van der Waals surface area contributed by atoms with Gasteiger partial charge in [0.15, 0.2) is 0 Å². The van der Waals surface area contributed by atoms with Gasteiger partial charge in [0, 0.05) is 12.3 Å². The Morgan fingerprint density at radius 1 is 0.941 bits per heavy atom. The second-order valence-electron chi connectivity index (χ2n) is 4.49. The fourth-order valence-electron chi connectivity index (χ4n) is 1.71. The number of hydrogen-bond acceptors (Lipinski definition) is 2. The van der Waals surface area contributed by atoms with Crippen molar-refractivity contribution < 1.29 is 9.53 Å². The lowest BCUT2D eigenvalue weighted by Crippen LogP contribution is -2.05. The van der Waals surface area contributed by atoms with Crippen molar-refractivity contribution in [3.8, 4) is 0 Å². The lowest BCUT2D eigenvalue weighted by molar-refractivity contribution is -0.143. The van der Waals surface area contributed by atoms with Gasteiger partial charge in [0.1, 0.15) is 0 Å². The van der Waals surface area contributed by atoms with E-state index in [1.54, 1.807) is 0 Å². The van der Waals surface area contributed by atoms with Crippen LogP contribution in [0, 0.1) is 0 Å². The minimum absolute atomic E-state index is 0.103. The molecule has 0 N–H and O–H groups in total. The molecular weight excluding hydrogens is 236 g/mol. The van der Waals surface area contributed by atoms with Gasteiger partial charge in [-0.25, -0.2) is 0 Å². The van der Waals surface area contributed by atoms with Crippen LogP contribution in [-0.4, -0.2) is 18.5 Å². The third kappa shape index (κ3) is 13.7. The maximum atomic E-state index is 11.1. The Balaban J connectivity index is 3.05. The van der Waals surface area contributed by atoms with Gasteiger partial charge in [0.05, 0.1) is 6.61 Å². The van der Waals surface area contributed by atoms with Gasteiger partial charge in [-0.05, 0) is 12.8 Å². The second kappa shape index (κ2) is 13.8. The molecule has 0 fully saturated rings. The van der Waals surface area contributed by atoms with E-state index >= 15 is 0 Å². The highest BCUT2D eigenvalue weighted by atomic mass is 35.5. The minimum atomic E-state index is -0.103. The summed E-state index contributed by atoms with van der Waals surface area (Å²) in [5, 5.41) is 0. The first kappa shape index (κ1) is 16.8. The molecule has 0 rings (SSSR count). The summed E-state index contributed by atoms with van der Waals surface area (Å²) in [4.78, 5) is 11.1. The van der Waals surface area contributed by atoms with Crippen LogP contribution >= 0.6 is 11.6 Å². The summed E-state index contributed by atoms with van der Waals surface area (Å²) in [6.07, 6.45) is 11.3. The number of ether oxygens (including phenoxy) is 1. The van der Waals surface area contributed by atoms with E-state index in [0.717, 1.165) is 12.8 Å². The molecule has 0 aromatic rings. The van der Waals surface area contributed by atoms with Crippen LogP contribution < -0.4 is 0 Å². The number of carbonyl (C=O) groups excluding carboxylic acids is 1. The summed E-state index contributed by atoms with van der Waals surface area (Å²) in [5.74, 6) is 0.431. The van der Waals surface area contributed by atoms with Gasteiger partial charge >= 0.3 is 5.97 Å². The Morgan fingerprint density at radius 2 is 1.53 bits per heavy atom. The lowest BCUT2D eigenvalue weighted by atomic mass is 10.1. The SMILES string of the molecule is CCCCCCCCCCOC(=O)CCCCl. The fourth-order valence-corrected chi connectivity index (χ4v) is 1.84. The van der Waals surface area contributed by atoms with E-state index in [1.165, 1.54) is 44.9 Å². The maximum absolute atomic E-state index is 11.1. The monoisotopic (exact) mass is 262 g/mol. The first-order valence-electron chi connectivity index (χ1n) is 7.02. The highest BCUT2D eigenvalue weighted by Gasteiger charge is 2.01. The first-order valence-corrected chi connectivity index (χ1v) is 7.56. The van der Waals surface area contributed by atoms with Crippen LogP contribution in [0.1, 0.15) is 71.1 Å². The molecular formula is C14H27ClO2. The Hall–Kier alpha value is -0.240. The minimum Gasteiger partial charge on any atom is -0.466 e. The molecule has 0 aromatic carbocycles. The van der Waals surface area contributed by atoms with Crippen LogP contribution in [0.25, 0.3) is 0 Å². The van der Waals surface area contributed by atoms with Gasteiger partial charge in [-0.2, -0.15) is 0 Å². The van der Waals surface area contributed by atoms with Gasteiger partial charge in [0.2, 0.25) is 0 Å². The normalized spacial score (nSPS) is 10.5. The van der Waals surface area contributed by atoms with Crippen molar-refractivity contribution in [2.24, 2.45) is 0 Å². The molecule has 0 aliphatic rings. The molecule has 0 heterocycles. The topological polar surface area (TPSA) is 26.3 Å². The van der Waals surface area contributed by atoms with Crippen molar-refractivity contribution in [1.29, 1.82) is 0 Å². The van der Waals surface area contributed by atoms with Crippen LogP contribution in [-0.2, 0) is 9.53 Å². The summed E-state index contributed by atoms with van der Waals surface area (Å²) in [5.41, 5.74) is 0. The van der Waals surface area contributed by atoms with Crippen molar-refractivity contribution in [2.45, 2.75) is 71.1 Å². The van der Waals surface area contributed by atoms with Gasteiger partial charge < -0.3 is 4.74 Å². The zero-order valence-corrected chi connectivity index (χ0v) is 11.9. The Labute approximate surface area is 111 Å². The van der Waals surface area contributed by atoms with E-state index in [4.69, 9.17) is 16.3 Å². The maximum Gasteiger partial charge on any atom is 0.305 e. The fraction of sp³-hybridized carbons (Fsp3) is 0.929. The number of alkyl halides is 1. The molecule has 2 nitrogen and oxygen atoms in total. The van der Waals surface area contributed by atoms with Crippen LogP contribution in [0.5, 0.6) is 0 Å². The number of halogens is 1. The highest BCUT2D eigenvalue weighted by molar-refractivity contribution is 6.17. The summed E-state index contributed by atoms with van der Waals surface area (Å²) >= 11 is 5.49. The Kier molecular flexibility index (Phi) is 13.6. The lowest BCUT2D eigenvalue weighted by Gasteiger charge is -2.04. The van der Waals surface area contributed by atoms with E-state index < -0.39 is 0 Å². The van der Waals surface area contributed by atoms with Crippen LogP contribution in [0.2, 0.25) is 0 Å². The molecule has 0 aromatic heterocycles. The van der Waals surface area contributed by atoms with E-state index in [9.17, 15) is 4.79 Å². The molecule has 3 heteroatoms. The molecule has 0 spiro atoms. The third-order valence-corrected chi connectivity index (χ3v) is 3.04. The molecule has 102 valence electrons. The number of hydrogen-bond donors (Lipinski definition) is 0. The number of unbranched alkanes of at least 4 members (excludes halogenated alkanes) is 7. The largest absolute Gasteiger partial charge is 0.466 e. The van der Waals surface area contributed by atoms with Crippen LogP contribution in [0.15, 0.2) is 0 Å². The van der Waals surface area contributed by atoms with Crippen molar-refractivity contribution in [3.05, 3.63) is 0 Å². The van der Waals surface area contributed by atoms with Crippen LogP contribution in [0.4, 0.5) is 0 Å². The van der Waals surface area contributed by atoms with Gasteiger partial charge in [-0.1, -0.05) is 51.9 Å². The average Bonchev–Trinajstić information content (AvgIpc) is 2.34. The third-order valence-electron chi connectivity index (χ3n) is 2.78. The first-order chi connectivity index (χ1) is 8.31. The smallest absolute Gasteiger partial charge is 0.305 e. The molecule has 0 unspecified atom stereocenters. The van der Waals surface area contributed by atoms with E-state index in [-0.39, 0.29) is 5.97 Å². The summed E-state index contributed by atoms with van der Waals surface area (Å²) in [6, 6.07) is 0. The molecule has 0 atom stereocenters. The molecule has 0 aliphatic carbocycles. The zero-order valence-electron chi connectivity index (χ0n) is 11.2. The van der Waals surface area contributed by atoms with Gasteiger partial charge in [-0.15, -0.1) is 11.6 Å². The van der Waals surface area contributed by atoms with Crippen LogP contribution in [0.3, 0.4) is 0 Å². The molecule has 0 aliphatic heterocycles.